The predicted octanol–water partition coefficient (Wildman–Crippen LogP) is 4.74. The Morgan fingerprint density at radius 2 is 1.96 bits per heavy atom. The summed E-state index contributed by atoms with van der Waals surface area (Å²) in [4.78, 5) is 0. The Hall–Kier alpha value is -2.51. The molecule has 2 aromatic rings. The molecule has 0 amide bonds. The fourth-order valence-corrected chi connectivity index (χ4v) is 3.38. The number of methoxy groups -OCH3 is 1. The highest BCUT2D eigenvalue weighted by Gasteiger charge is 2.19. The SMILES string of the molecule is COc1cc(C(C)NCc2cccc(C#N)c2)ccc1OC1CCCC1. The van der Waals surface area contributed by atoms with Crippen molar-refractivity contribution < 1.29 is 9.47 Å². The van der Waals surface area contributed by atoms with Crippen LogP contribution in [-0.4, -0.2) is 13.2 Å². The lowest BCUT2D eigenvalue weighted by Gasteiger charge is -2.19. The Morgan fingerprint density at radius 3 is 2.69 bits per heavy atom. The summed E-state index contributed by atoms with van der Waals surface area (Å²) in [6.45, 7) is 2.83. The zero-order valence-corrected chi connectivity index (χ0v) is 15.5. The van der Waals surface area contributed by atoms with Crippen LogP contribution in [0.3, 0.4) is 0 Å². The van der Waals surface area contributed by atoms with Gasteiger partial charge in [0.25, 0.3) is 0 Å². The molecule has 136 valence electrons. The van der Waals surface area contributed by atoms with Crippen LogP contribution in [0.25, 0.3) is 0 Å². The van der Waals surface area contributed by atoms with Gasteiger partial charge in [0.1, 0.15) is 0 Å². The Kier molecular flexibility index (Phi) is 6.14. The highest BCUT2D eigenvalue weighted by molar-refractivity contribution is 5.44. The van der Waals surface area contributed by atoms with E-state index in [1.54, 1.807) is 7.11 Å². The van der Waals surface area contributed by atoms with E-state index in [0.29, 0.717) is 18.2 Å². The first-order valence-corrected chi connectivity index (χ1v) is 9.26. The molecule has 0 saturated heterocycles. The summed E-state index contributed by atoms with van der Waals surface area (Å²) < 4.78 is 11.7. The topological polar surface area (TPSA) is 54.3 Å². The van der Waals surface area contributed by atoms with Gasteiger partial charge in [0.2, 0.25) is 0 Å². The third kappa shape index (κ3) is 4.56. The molecule has 1 N–H and O–H groups in total. The van der Waals surface area contributed by atoms with Gasteiger partial charge in [-0.25, -0.2) is 0 Å². The van der Waals surface area contributed by atoms with Crippen LogP contribution in [0.5, 0.6) is 11.5 Å². The number of nitriles is 1. The summed E-state index contributed by atoms with van der Waals surface area (Å²) in [5, 5.41) is 12.5. The second-order valence-corrected chi connectivity index (χ2v) is 6.85. The van der Waals surface area contributed by atoms with Crippen LogP contribution < -0.4 is 14.8 Å². The van der Waals surface area contributed by atoms with Crippen molar-refractivity contribution in [1.82, 2.24) is 5.32 Å². The summed E-state index contributed by atoms with van der Waals surface area (Å²) in [5.74, 6) is 1.62. The van der Waals surface area contributed by atoms with Crippen molar-refractivity contribution in [3.63, 3.8) is 0 Å². The van der Waals surface area contributed by atoms with Crippen molar-refractivity contribution in [2.75, 3.05) is 7.11 Å². The maximum absolute atomic E-state index is 9.01. The predicted molar refractivity (Wildman–Crippen MR) is 102 cm³/mol. The largest absolute Gasteiger partial charge is 0.493 e. The molecule has 26 heavy (non-hydrogen) atoms. The summed E-state index contributed by atoms with van der Waals surface area (Å²) in [7, 11) is 1.69. The Morgan fingerprint density at radius 1 is 1.15 bits per heavy atom. The monoisotopic (exact) mass is 350 g/mol. The molecule has 0 radical (unpaired) electrons. The van der Waals surface area contributed by atoms with Crippen molar-refractivity contribution in [3.05, 3.63) is 59.2 Å². The average Bonchev–Trinajstić information content (AvgIpc) is 3.19. The summed E-state index contributed by atoms with van der Waals surface area (Å²) >= 11 is 0. The number of benzene rings is 2. The lowest BCUT2D eigenvalue weighted by atomic mass is 10.1. The van der Waals surface area contributed by atoms with Crippen molar-refractivity contribution in [2.24, 2.45) is 0 Å². The van der Waals surface area contributed by atoms with Gasteiger partial charge in [-0.05, 0) is 68.0 Å². The van der Waals surface area contributed by atoms with Gasteiger partial charge < -0.3 is 14.8 Å². The number of hydrogen-bond acceptors (Lipinski definition) is 4. The van der Waals surface area contributed by atoms with E-state index in [2.05, 4.69) is 24.4 Å². The molecule has 4 nitrogen and oxygen atoms in total. The first-order chi connectivity index (χ1) is 12.7. The van der Waals surface area contributed by atoms with Gasteiger partial charge in [0.15, 0.2) is 11.5 Å². The molecule has 1 aliphatic carbocycles. The van der Waals surface area contributed by atoms with Crippen molar-refractivity contribution in [2.45, 2.75) is 51.3 Å². The fraction of sp³-hybridized carbons (Fsp3) is 0.409. The highest BCUT2D eigenvalue weighted by atomic mass is 16.5. The third-order valence-corrected chi connectivity index (χ3v) is 4.95. The minimum Gasteiger partial charge on any atom is -0.493 e. The molecular formula is C22H26N2O2. The molecule has 4 heteroatoms. The second-order valence-electron chi connectivity index (χ2n) is 6.85. The number of nitrogens with zero attached hydrogens (tertiary/aromatic N) is 1. The lowest BCUT2D eigenvalue weighted by molar-refractivity contribution is 0.200. The first-order valence-electron chi connectivity index (χ1n) is 9.26. The molecule has 1 saturated carbocycles. The van der Waals surface area contributed by atoms with Gasteiger partial charge in [-0.2, -0.15) is 5.26 Å². The van der Waals surface area contributed by atoms with Crippen LogP contribution in [0.2, 0.25) is 0 Å². The van der Waals surface area contributed by atoms with Crippen LogP contribution in [-0.2, 0) is 6.54 Å². The molecule has 0 aromatic heterocycles. The quantitative estimate of drug-likeness (QED) is 0.784. The van der Waals surface area contributed by atoms with Crippen LogP contribution in [0.4, 0.5) is 0 Å². The van der Waals surface area contributed by atoms with E-state index in [1.807, 2.05) is 36.4 Å². The summed E-state index contributed by atoms with van der Waals surface area (Å²) in [5.41, 5.74) is 2.94. The minimum atomic E-state index is 0.162. The van der Waals surface area contributed by atoms with Crippen LogP contribution in [0.1, 0.15) is 55.3 Å². The third-order valence-electron chi connectivity index (χ3n) is 4.95. The molecule has 0 aliphatic heterocycles. The van der Waals surface area contributed by atoms with Gasteiger partial charge in [0.05, 0.1) is 24.8 Å². The molecular weight excluding hydrogens is 324 g/mol. The van der Waals surface area contributed by atoms with Crippen molar-refractivity contribution >= 4 is 0 Å². The summed E-state index contributed by atoms with van der Waals surface area (Å²) in [6.07, 6.45) is 5.07. The molecule has 2 aromatic carbocycles. The van der Waals surface area contributed by atoms with Crippen molar-refractivity contribution in [3.8, 4) is 17.6 Å². The molecule has 3 rings (SSSR count). The molecule has 0 heterocycles. The van der Waals surface area contributed by atoms with E-state index < -0.39 is 0 Å². The normalized spacial score (nSPS) is 15.4. The van der Waals surface area contributed by atoms with Gasteiger partial charge >= 0.3 is 0 Å². The number of rotatable bonds is 7. The van der Waals surface area contributed by atoms with Crippen molar-refractivity contribution in [1.29, 1.82) is 5.26 Å². The number of nitrogens with one attached hydrogen (secondary N) is 1. The zero-order chi connectivity index (χ0) is 18.4. The second kappa shape index (κ2) is 8.73. The van der Waals surface area contributed by atoms with Crippen LogP contribution in [0.15, 0.2) is 42.5 Å². The smallest absolute Gasteiger partial charge is 0.161 e. The fourth-order valence-electron chi connectivity index (χ4n) is 3.38. The van der Waals surface area contributed by atoms with E-state index in [4.69, 9.17) is 14.7 Å². The average molecular weight is 350 g/mol. The van der Waals surface area contributed by atoms with E-state index in [9.17, 15) is 0 Å². The maximum Gasteiger partial charge on any atom is 0.161 e. The molecule has 0 spiro atoms. The maximum atomic E-state index is 9.01. The number of ether oxygens (including phenoxy) is 2. The van der Waals surface area contributed by atoms with Gasteiger partial charge in [-0.3, -0.25) is 0 Å². The number of hydrogen-bond donors (Lipinski definition) is 1. The molecule has 1 unspecified atom stereocenters. The van der Waals surface area contributed by atoms with Gasteiger partial charge in [-0.1, -0.05) is 18.2 Å². The Labute approximate surface area is 155 Å². The molecule has 0 bridgehead atoms. The Balaban J connectivity index is 1.64. The standard InChI is InChI=1S/C22H26N2O2/c1-16(24-15-18-7-5-6-17(12-18)14-23)19-10-11-21(22(13-19)25-2)26-20-8-3-4-9-20/h5-7,10-13,16,20,24H,3-4,8-9,15H2,1-2H3. The van der Waals surface area contributed by atoms with E-state index in [1.165, 1.54) is 12.8 Å². The molecule has 1 atom stereocenters. The zero-order valence-electron chi connectivity index (χ0n) is 15.5. The van der Waals surface area contributed by atoms with Gasteiger partial charge in [-0.15, -0.1) is 0 Å². The van der Waals surface area contributed by atoms with Crippen LogP contribution >= 0.6 is 0 Å². The Bertz CT molecular complexity index is 776. The van der Waals surface area contributed by atoms with E-state index in [-0.39, 0.29) is 6.04 Å². The van der Waals surface area contributed by atoms with E-state index in [0.717, 1.165) is 35.5 Å². The molecule has 1 fully saturated rings. The minimum absolute atomic E-state index is 0.162. The summed E-state index contributed by atoms with van der Waals surface area (Å²) in [6, 6.07) is 16.2. The molecule has 1 aliphatic rings. The van der Waals surface area contributed by atoms with Crippen LogP contribution in [0, 0.1) is 11.3 Å². The lowest BCUT2D eigenvalue weighted by Crippen LogP contribution is -2.18. The van der Waals surface area contributed by atoms with Gasteiger partial charge in [0, 0.05) is 12.6 Å². The first kappa shape index (κ1) is 18.3. The van der Waals surface area contributed by atoms with E-state index >= 15 is 0 Å². The highest BCUT2D eigenvalue weighted by Crippen LogP contribution is 2.33.